The topological polar surface area (TPSA) is 278 Å². The Hall–Kier alpha value is -4.74. The van der Waals surface area contributed by atoms with Crippen LogP contribution in [0.3, 0.4) is 0 Å². The first kappa shape index (κ1) is 36.1. The van der Waals surface area contributed by atoms with E-state index in [9.17, 15) is 37.6 Å². The number of aliphatic carboxylic acids is 1. The SMILES string of the molecule is C[n+]1cc(-c2ccc(OC[C@H](O/N=C(\C(=O)N[C@@H]3C(=O)N(OS(=O)(=O)[O-])C3(C)C)c3csc(N)n3)C(=O)O)cc2F)cn1CC(O)CN. The van der Waals surface area contributed by atoms with Gasteiger partial charge in [-0.2, -0.15) is 14.0 Å². The number of amides is 2. The zero-order chi connectivity index (χ0) is 35.6. The van der Waals surface area contributed by atoms with Crippen molar-refractivity contribution in [1.29, 1.82) is 0 Å². The Morgan fingerprint density at radius 3 is 2.62 bits per heavy atom. The number of benzene rings is 1. The maximum atomic E-state index is 15.1. The van der Waals surface area contributed by atoms with Crippen molar-refractivity contribution in [3.8, 4) is 16.9 Å². The Balaban J connectivity index is 1.47. The van der Waals surface area contributed by atoms with Gasteiger partial charge in [0.05, 0.1) is 23.4 Å². The molecule has 0 bridgehead atoms. The van der Waals surface area contributed by atoms with E-state index in [2.05, 4.69) is 19.7 Å². The van der Waals surface area contributed by atoms with Gasteiger partial charge >= 0.3 is 5.97 Å². The van der Waals surface area contributed by atoms with Gasteiger partial charge in [-0.05, 0) is 26.0 Å². The van der Waals surface area contributed by atoms with Gasteiger partial charge in [-0.25, -0.2) is 22.6 Å². The molecule has 0 saturated carbocycles. The Labute approximate surface area is 276 Å². The third-order valence-electron chi connectivity index (χ3n) is 6.99. The summed E-state index contributed by atoms with van der Waals surface area (Å²) < 4.78 is 60.9. The number of hydrogen-bond acceptors (Lipinski definition) is 15. The van der Waals surface area contributed by atoms with Crippen LogP contribution in [0.4, 0.5) is 9.52 Å². The van der Waals surface area contributed by atoms with Crippen LogP contribution in [0.15, 0.2) is 41.1 Å². The van der Waals surface area contributed by atoms with E-state index in [4.69, 9.17) is 21.0 Å². The van der Waals surface area contributed by atoms with E-state index in [1.807, 2.05) is 0 Å². The van der Waals surface area contributed by atoms with Crippen LogP contribution >= 0.6 is 11.3 Å². The molecule has 19 nitrogen and oxygen atoms in total. The number of nitrogen functional groups attached to an aromatic ring is 1. The van der Waals surface area contributed by atoms with Gasteiger partial charge in [0.15, 0.2) is 17.9 Å². The number of thiazole rings is 1. The minimum absolute atomic E-state index is 0.00726. The highest BCUT2D eigenvalue weighted by Gasteiger charge is 2.57. The predicted octanol–water partition coefficient (Wildman–Crippen LogP) is -1.77. The van der Waals surface area contributed by atoms with Crippen LogP contribution in [0, 0.1) is 5.82 Å². The summed E-state index contributed by atoms with van der Waals surface area (Å²) in [6.45, 7) is 2.14. The Kier molecular flexibility index (Phi) is 10.7. The molecule has 0 aliphatic carbocycles. The first-order chi connectivity index (χ1) is 22.4. The number of nitrogens with one attached hydrogen (secondary N) is 1. The summed E-state index contributed by atoms with van der Waals surface area (Å²) in [7, 11) is -3.59. The Bertz CT molecular complexity index is 1850. The molecule has 3 aromatic rings. The zero-order valence-electron chi connectivity index (χ0n) is 25.5. The molecule has 1 aliphatic heterocycles. The van der Waals surface area contributed by atoms with Gasteiger partial charge in [-0.3, -0.25) is 9.59 Å². The molecule has 1 aromatic carbocycles. The molecule has 1 fully saturated rings. The number of carboxylic acid groups (broad SMARTS) is 1. The van der Waals surface area contributed by atoms with Crippen molar-refractivity contribution in [1.82, 2.24) is 20.0 Å². The van der Waals surface area contributed by atoms with E-state index in [1.54, 1.807) is 28.8 Å². The number of β-lactam (4-membered cyclic amide) rings is 1. The summed E-state index contributed by atoms with van der Waals surface area (Å²) in [6.07, 6.45) is 0.633. The molecule has 7 N–H and O–H groups in total. The smallest absolute Gasteiger partial charge is 0.351 e. The number of carboxylic acids is 1. The molecule has 1 unspecified atom stereocenters. The van der Waals surface area contributed by atoms with E-state index in [0.29, 0.717) is 5.56 Å². The van der Waals surface area contributed by atoms with E-state index >= 15 is 4.39 Å². The second-order valence-corrected chi connectivity index (χ2v) is 12.7. The fourth-order valence-corrected chi connectivity index (χ4v) is 5.44. The third-order valence-corrected chi connectivity index (χ3v) is 7.99. The lowest BCUT2D eigenvalue weighted by Crippen LogP contribution is -2.76. The quantitative estimate of drug-likeness (QED) is 0.0291. The average molecular weight is 715 g/mol. The van der Waals surface area contributed by atoms with Gasteiger partial charge in [0.2, 0.25) is 16.6 Å². The Morgan fingerprint density at radius 2 is 2.06 bits per heavy atom. The van der Waals surface area contributed by atoms with E-state index in [-0.39, 0.29) is 40.3 Å². The maximum absolute atomic E-state index is 15.1. The largest absolute Gasteiger partial charge is 0.724 e. The van der Waals surface area contributed by atoms with Crippen molar-refractivity contribution < 1.29 is 60.5 Å². The van der Waals surface area contributed by atoms with E-state index in [0.717, 1.165) is 17.4 Å². The number of carbonyl (C=O) groups excluding carboxylic acids is 2. The molecule has 4 rings (SSSR count). The van der Waals surface area contributed by atoms with Gasteiger partial charge < -0.3 is 41.1 Å². The maximum Gasteiger partial charge on any atom is 0.351 e. The molecule has 48 heavy (non-hydrogen) atoms. The highest BCUT2D eigenvalue weighted by atomic mass is 32.3. The lowest BCUT2D eigenvalue weighted by Gasteiger charge is -2.51. The summed E-state index contributed by atoms with van der Waals surface area (Å²) in [6, 6.07) is 2.44. The second kappa shape index (κ2) is 14.2. The summed E-state index contributed by atoms with van der Waals surface area (Å²) in [5.41, 5.74) is 9.55. The standard InChI is InChI=1S/C26H31FN8O11S2/c1-26(2)21(23(38)35(26)46-48(41,42)43)31-22(37)20(18-12-47-25(29)30-18)32-45-19(24(39)40)11-44-15-4-5-16(17(27)6-15)13-8-33(3)34(9-13)10-14(36)7-28/h4-6,8-9,12,14,19,21,36H,7,10-11,28H2,1-3H3,(H4-,29,30,31,37,39,40,41,42,43)/b32-20-/t14?,19-,21+/m0/s1. The minimum Gasteiger partial charge on any atom is -0.724 e. The summed E-state index contributed by atoms with van der Waals surface area (Å²) in [5.74, 6) is -4.48. The van der Waals surface area contributed by atoms with Crippen molar-refractivity contribution in [2.24, 2.45) is 17.9 Å². The fraction of sp³-hybridized carbons (Fsp3) is 0.385. The number of aliphatic hydroxyl groups excluding tert-OH is 1. The van der Waals surface area contributed by atoms with Crippen LogP contribution in [0.5, 0.6) is 5.75 Å². The lowest BCUT2D eigenvalue weighted by molar-refractivity contribution is -0.754. The number of aryl methyl sites for hydroxylation is 1. The van der Waals surface area contributed by atoms with Crippen molar-refractivity contribution in [2.45, 2.75) is 44.2 Å². The molecule has 1 aliphatic rings. The second-order valence-electron chi connectivity index (χ2n) is 10.9. The number of halogens is 1. The molecule has 2 aromatic heterocycles. The molecule has 0 spiro atoms. The van der Waals surface area contributed by atoms with Crippen LogP contribution in [0.2, 0.25) is 0 Å². The molecule has 2 amide bonds. The van der Waals surface area contributed by atoms with Gasteiger partial charge in [-0.15, -0.1) is 16.0 Å². The molecule has 260 valence electrons. The molecule has 22 heteroatoms. The number of carbonyl (C=O) groups is 3. The Morgan fingerprint density at radius 1 is 1.35 bits per heavy atom. The van der Waals surface area contributed by atoms with Crippen LogP contribution in [0.25, 0.3) is 11.1 Å². The number of anilines is 1. The third kappa shape index (κ3) is 8.21. The first-order valence-electron chi connectivity index (χ1n) is 13.8. The number of aromatic nitrogens is 3. The van der Waals surface area contributed by atoms with Crippen LogP contribution in [0.1, 0.15) is 19.5 Å². The van der Waals surface area contributed by atoms with Crippen LogP contribution in [-0.4, -0.2) is 98.3 Å². The van der Waals surface area contributed by atoms with Gasteiger partial charge in [-0.1, -0.05) is 5.16 Å². The van der Waals surface area contributed by atoms with Crippen LogP contribution in [-0.2, 0) is 47.5 Å². The normalized spacial score (nSPS) is 17.4. The predicted molar refractivity (Wildman–Crippen MR) is 161 cm³/mol. The number of nitrogens with zero attached hydrogens (tertiary/aromatic N) is 5. The van der Waals surface area contributed by atoms with Crippen molar-refractivity contribution in [3.63, 3.8) is 0 Å². The fourth-order valence-electron chi connectivity index (χ4n) is 4.44. The number of hydrogen-bond donors (Lipinski definition) is 5. The molecular formula is C26H31FN8O11S2. The number of hydroxylamine groups is 2. The van der Waals surface area contributed by atoms with E-state index in [1.165, 1.54) is 31.4 Å². The number of ether oxygens (including phenoxy) is 1. The molecule has 3 heterocycles. The molecule has 0 radical (unpaired) electrons. The summed E-state index contributed by atoms with van der Waals surface area (Å²) in [5, 5.41) is 27.1. The highest BCUT2D eigenvalue weighted by molar-refractivity contribution is 7.80. The number of nitrogens with two attached hydrogens (primary N) is 2. The molecule has 3 atom stereocenters. The molecular weight excluding hydrogens is 683 g/mol. The number of oxime groups is 1. The van der Waals surface area contributed by atoms with Crippen LogP contribution < -0.4 is 26.2 Å². The van der Waals surface area contributed by atoms with Gasteiger partial charge in [0, 0.05) is 23.6 Å². The van der Waals surface area contributed by atoms with E-state index < -0.39 is 70.1 Å². The van der Waals surface area contributed by atoms with Crippen molar-refractivity contribution in [3.05, 3.63) is 47.5 Å². The number of aliphatic hydroxyl groups is 1. The zero-order valence-corrected chi connectivity index (χ0v) is 27.1. The van der Waals surface area contributed by atoms with Gasteiger partial charge in [0.1, 0.15) is 36.5 Å². The summed E-state index contributed by atoms with van der Waals surface area (Å²) >= 11 is 0.909. The van der Waals surface area contributed by atoms with Crippen molar-refractivity contribution in [2.75, 3.05) is 18.9 Å². The number of rotatable bonds is 15. The first-order valence-corrected chi connectivity index (χ1v) is 16.0. The average Bonchev–Trinajstić information content (AvgIpc) is 3.59. The minimum atomic E-state index is -5.30. The molecule has 1 saturated heterocycles. The van der Waals surface area contributed by atoms with Crippen molar-refractivity contribution >= 4 is 50.4 Å². The van der Waals surface area contributed by atoms with Gasteiger partial charge in [0.25, 0.3) is 17.9 Å². The lowest BCUT2D eigenvalue weighted by atomic mass is 9.84. The summed E-state index contributed by atoms with van der Waals surface area (Å²) in [4.78, 5) is 46.6. The monoisotopic (exact) mass is 714 g/mol. The highest BCUT2D eigenvalue weighted by Crippen LogP contribution is 2.33.